The number of nitrogens with zero attached hydrogens (tertiary/aromatic N) is 1. The van der Waals surface area contributed by atoms with Crippen molar-refractivity contribution >= 4 is 16.7 Å². The highest BCUT2D eigenvalue weighted by molar-refractivity contribution is 5.92. The van der Waals surface area contributed by atoms with Crippen molar-refractivity contribution in [2.45, 2.75) is 44.6 Å². The summed E-state index contributed by atoms with van der Waals surface area (Å²) in [7, 11) is 1.68. The number of hydrogen-bond acceptors (Lipinski definition) is 3. The minimum atomic E-state index is 0.529. The average molecular weight is 359 g/mol. The van der Waals surface area contributed by atoms with Crippen molar-refractivity contribution in [3.63, 3.8) is 0 Å². The molecule has 0 radical (unpaired) electrons. The molecule has 1 aliphatic carbocycles. The van der Waals surface area contributed by atoms with Gasteiger partial charge in [0.05, 0.1) is 18.4 Å². The lowest BCUT2D eigenvalue weighted by Crippen LogP contribution is -2.22. The summed E-state index contributed by atoms with van der Waals surface area (Å²) in [5.74, 6) is 7.52. The van der Waals surface area contributed by atoms with E-state index in [9.17, 15) is 0 Å². The monoisotopic (exact) mass is 359 g/mol. The molecule has 1 aliphatic rings. The van der Waals surface area contributed by atoms with Crippen LogP contribution in [0.5, 0.6) is 5.75 Å². The van der Waals surface area contributed by atoms with Crippen molar-refractivity contribution in [1.82, 2.24) is 9.97 Å². The van der Waals surface area contributed by atoms with Gasteiger partial charge in [0.1, 0.15) is 11.4 Å². The van der Waals surface area contributed by atoms with Crippen LogP contribution in [0, 0.1) is 11.8 Å². The number of H-pyrrole nitrogens is 1. The van der Waals surface area contributed by atoms with E-state index in [2.05, 4.69) is 45.3 Å². The topological polar surface area (TPSA) is 49.9 Å². The van der Waals surface area contributed by atoms with Gasteiger partial charge < -0.3 is 15.0 Å². The molecule has 1 saturated carbocycles. The summed E-state index contributed by atoms with van der Waals surface area (Å²) in [6.07, 6.45) is 10.9. The van der Waals surface area contributed by atoms with E-state index in [0.29, 0.717) is 12.5 Å². The molecule has 1 fully saturated rings. The number of rotatable bonds is 4. The van der Waals surface area contributed by atoms with E-state index in [1.54, 1.807) is 7.11 Å². The molecule has 4 rings (SSSR count). The Hall–Kier alpha value is -2.93. The Bertz CT molecular complexity index is 957. The Balaban J connectivity index is 1.58. The van der Waals surface area contributed by atoms with E-state index in [-0.39, 0.29) is 0 Å². The molecule has 4 nitrogen and oxygen atoms in total. The lowest BCUT2D eigenvalue weighted by atomic mass is 9.95. The predicted octanol–water partition coefficient (Wildman–Crippen LogP) is 4.91. The second kappa shape index (κ2) is 8.18. The van der Waals surface area contributed by atoms with Gasteiger partial charge >= 0.3 is 0 Å². The van der Waals surface area contributed by atoms with Gasteiger partial charge in [0.2, 0.25) is 0 Å². The van der Waals surface area contributed by atoms with Crippen LogP contribution < -0.4 is 10.1 Å². The average Bonchev–Trinajstić information content (AvgIpc) is 3.20. The molecule has 138 valence electrons. The third-order valence-corrected chi connectivity index (χ3v) is 5.21. The fourth-order valence-corrected chi connectivity index (χ4v) is 3.69. The van der Waals surface area contributed by atoms with Crippen LogP contribution in [0.25, 0.3) is 11.0 Å². The lowest BCUT2D eigenvalue weighted by molar-refractivity contribution is 0.414. The predicted molar refractivity (Wildman–Crippen MR) is 110 cm³/mol. The third-order valence-electron chi connectivity index (χ3n) is 5.21. The number of hydrogen-bond donors (Lipinski definition) is 2. The molecule has 0 saturated heterocycles. The van der Waals surface area contributed by atoms with E-state index in [0.717, 1.165) is 28.0 Å². The van der Waals surface area contributed by atoms with Crippen LogP contribution in [-0.4, -0.2) is 23.1 Å². The first-order valence-electron chi connectivity index (χ1n) is 9.68. The number of pyridine rings is 1. The van der Waals surface area contributed by atoms with Crippen molar-refractivity contribution in [2.75, 3.05) is 12.4 Å². The van der Waals surface area contributed by atoms with Crippen molar-refractivity contribution in [3.05, 3.63) is 53.9 Å². The molecule has 0 aliphatic heterocycles. The van der Waals surface area contributed by atoms with Crippen molar-refractivity contribution in [2.24, 2.45) is 0 Å². The first-order valence-corrected chi connectivity index (χ1v) is 9.68. The summed E-state index contributed by atoms with van der Waals surface area (Å²) in [5, 5.41) is 4.89. The number of aromatic nitrogens is 2. The van der Waals surface area contributed by atoms with Crippen LogP contribution in [0.4, 0.5) is 5.69 Å². The highest BCUT2D eigenvalue weighted by atomic mass is 16.5. The maximum Gasteiger partial charge on any atom is 0.139 e. The molecule has 27 heavy (non-hydrogen) atoms. The first kappa shape index (κ1) is 17.5. The van der Waals surface area contributed by atoms with Gasteiger partial charge in [-0.25, -0.2) is 4.98 Å². The second-order valence-electron chi connectivity index (χ2n) is 7.09. The lowest BCUT2D eigenvalue weighted by Gasteiger charge is -2.24. The van der Waals surface area contributed by atoms with Gasteiger partial charge in [-0.2, -0.15) is 0 Å². The van der Waals surface area contributed by atoms with Crippen LogP contribution in [0.15, 0.2) is 42.7 Å². The molecular weight excluding hydrogens is 334 g/mol. The Morgan fingerprint density at radius 1 is 1.15 bits per heavy atom. The molecule has 2 N–H and O–H groups in total. The largest absolute Gasteiger partial charge is 0.497 e. The van der Waals surface area contributed by atoms with E-state index < -0.39 is 0 Å². The Kier molecular flexibility index (Phi) is 5.29. The van der Waals surface area contributed by atoms with Crippen molar-refractivity contribution in [3.8, 4) is 17.6 Å². The molecule has 0 amide bonds. The van der Waals surface area contributed by atoms with Gasteiger partial charge in [0, 0.05) is 30.2 Å². The maximum atomic E-state index is 5.21. The zero-order chi connectivity index (χ0) is 18.5. The number of ether oxygens (including phenoxy) is 1. The Morgan fingerprint density at radius 2 is 1.96 bits per heavy atom. The van der Waals surface area contributed by atoms with Crippen LogP contribution >= 0.6 is 0 Å². The quantitative estimate of drug-likeness (QED) is 0.651. The summed E-state index contributed by atoms with van der Waals surface area (Å²) in [4.78, 5) is 7.73. The molecular formula is C23H25N3O. The van der Waals surface area contributed by atoms with Gasteiger partial charge in [-0.3, -0.25) is 0 Å². The summed E-state index contributed by atoms with van der Waals surface area (Å²) < 4.78 is 5.21. The minimum Gasteiger partial charge on any atom is -0.497 e. The highest BCUT2D eigenvalue weighted by Crippen LogP contribution is 2.29. The van der Waals surface area contributed by atoms with E-state index in [4.69, 9.17) is 4.74 Å². The third kappa shape index (κ3) is 4.09. The summed E-state index contributed by atoms with van der Waals surface area (Å²) >= 11 is 0. The zero-order valence-corrected chi connectivity index (χ0v) is 15.7. The van der Waals surface area contributed by atoms with Gasteiger partial charge in [-0.1, -0.05) is 43.2 Å². The maximum absolute atomic E-state index is 5.21. The van der Waals surface area contributed by atoms with Gasteiger partial charge in [-0.05, 0) is 36.6 Å². The van der Waals surface area contributed by atoms with E-state index in [1.807, 2.05) is 24.5 Å². The van der Waals surface area contributed by atoms with Gasteiger partial charge in [-0.15, -0.1) is 0 Å². The molecule has 0 bridgehead atoms. The number of anilines is 1. The van der Waals surface area contributed by atoms with Crippen LogP contribution in [0.3, 0.4) is 0 Å². The smallest absolute Gasteiger partial charge is 0.139 e. The molecule has 3 aromatic rings. The molecule has 1 aromatic carbocycles. The summed E-state index contributed by atoms with van der Waals surface area (Å²) in [6, 6.07) is 10.7. The number of fused-ring (bicyclic) bond motifs is 1. The van der Waals surface area contributed by atoms with E-state index in [1.165, 1.54) is 37.7 Å². The molecule has 0 unspecified atom stereocenters. The number of benzene rings is 1. The number of aromatic amines is 1. The second-order valence-corrected chi connectivity index (χ2v) is 7.09. The van der Waals surface area contributed by atoms with Gasteiger partial charge in [0.15, 0.2) is 0 Å². The fourth-order valence-electron chi connectivity index (χ4n) is 3.69. The Labute approximate surface area is 160 Å². The summed E-state index contributed by atoms with van der Waals surface area (Å²) in [6.45, 7) is 0. The molecule has 0 atom stereocenters. The Morgan fingerprint density at radius 3 is 2.74 bits per heavy atom. The zero-order valence-electron chi connectivity index (χ0n) is 15.7. The first-order chi connectivity index (χ1) is 13.3. The van der Waals surface area contributed by atoms with Crippen LogP contribution in [0.1, 0.15) is 43.2 Å². The molecule has 2 heterocycles. The normalized spacial score (nSPS) is 14.6. The SMILES string of the molecule is COc1ccc(CC#Cc2cnc3[nH]ccc3c2NC2CCCCC2)cc1. The fraction of sp³-hybridized carbons (Fsp3) is 0.348. The van der Waals surface area contributed by atoms with Crippen molar-refractivity contribution in [1.29, 1.82) is 0 Å². The molecule has 4 heteroatoms. The van der Waals surface area contributed by atoms with Crippen LogP contribution in [0.2, 0.25) is 0 Å². The van der Waals surface area contributed by atoms with Crippen LogP contribution in [-0.2, 0) is 6.42 Å². The summed E-state index contributed by atoms with van der Waals surface area (Å²) in [5.41, 5.74) is 4.19. The minimum absolute atomic E-state index is 0.529. The van der Waals surface area contributed by atoms with E-state index >= 15 is 0 Å². The highest BCUT2D eigenvalue weighted by Gasteiger charge is 2.16. The van der Waals surface area contributed by atoms with Gasteiger partial charge in [0.25, 0.3) is 0 Å². The molecule has 0 spiro atoms. The molecule has 2 aromatic heterocycles. The standard InChI is InChI=1S/C23H25N3O/c1-27-20-12-10-17(11-13-20)6-5-7-18-16-25-23-21(14-15-24-23)22(18)26-19-8-3-2-4-9-19/h10-16,19H,2-4,6,8-9H2,1H3,(H2,24,25,26). The number of methoxy groups -OCH3 is 1. The number of nitrogens with one attached hydrogen (secondary N) is 2. The van der Waals surface area contributed by atoms with Crippen molar-refractivity contribution < 1.29 is 4.74 Å².